The van der Waals surface area contributed by atoms with Crippen LogP contribution in [-0.2, 0) is 15.9 Å². The van der Waals surface area contributed by atoms with Crippen molar-refractivity contribution in [1.29, 1.82) is 0 Å². The average Bonchev–Trinajstić information content (AvgIpc) is 1.95. The molecule has 0 unspecified atom stereocenters. The Morgan fingerprint density at radius 1 is 1.50 bits per heavy atom. The van der Waals surface area contributed by atoms with Crippen LogP contribution in [-0.4, -0.2) is 5.11 Å². The maximum Gasteiger partial charge on any atom is 0.505 e. The highest BCUT2D eigenvalue weighted by molar-refractivity contribution is 14.1. The number of phenolic OH excluding ortho intramolecular Hbond substituents is 1. The van der Waals surface area contributed by atoms with E-state index in [1.165, 1.54) is 6.07 Å². The fraction of sp³-hybridized carbons (Fsp3) is 0. The molecule has 0 fully saturated rings. The summed E-state index contributed by atoms with van der Waals surface area (Å²) in [6, 6.07) is 4.75. The summed E-state index contributed by atoms with van der Waals surface area (Å²) in [5.41, 5.74) is 0. The third-order valence-electron chi connectivity index (χ3n) is 1.02. The minimum atomic E-state index is 0.221. The van der Waals surface area contributed by atoms with Gasteiger partial charge in [-0.3, -0.25) is 0 Å². The molecule has 1 rings (SSSR count). The summed E-state index contributed by atoms with van der Waals surface area (Å²) in [6.45, 7) is 0. The molecule has 0 bridgehead atoms. The maximum atomic E-state index is 10.2. The maximum absolute atomic E-state index is 10.2. The molecule has 0 radical (unpaired) electrons. The van der Waals surface area contributed by atoms with Crippen LogP contribution in [0.1, 0.15) is 0 Å². The molecule has 10 heavy (non-hydrogen) atoms. The molecular formula is C6H4IO2S+. The lowest BCUT2D eigenvalue weighted by atomic mass is 10.3. The summed E-state index contributed by atoms with van der Waals surface area (Å²) in [7, 11) is 0. The second-order valence-corrected chi connectivity index (χ2v) is 3.50. The van der Waals surface area contributed by atoms with Gasteiger partial charge in [0.05, 0.1) is 3.57 Å². The van der Waals surface area contributed by atoms with Crippen LogP contribution in [0, 0.1) is 3.57 Å². The smallest absolute Gasteiger partial charge is 0.505 e. The number of aromatic hydroxyl groups is 1. The Kier molecular flexibility index (Phi) is 2.56. The number of hydrogen-bond donors (Lipinski definition) is 1. The van der Waals surface area contributed by atoms with E-state index in [0.29, 0.717) is 20.1 Å². The number of hydrogen-bond acceptors (Lipinski definition) is 2. The van der Waals surface area contributed by atoms with E-state index in [-0.39, 0.29) is 5.75 Å². The van der Waals surface area contributed by atoms with Crippen molar-refractivity contribution in [1.82, 2.24) is 0 Å². The van der Waals surface area contributed by atoms with Gasteiger partial charge >= 0.3 is 11.7 Å². The Labute approximate surface area is 75.9 Å². The third kappa shape index (κ3) is 1.63. The molecule has 0 aliphatic heterocycles. The minimum Gasteiger partial charge on any atom is -0.507 e. The van der Waals surface area contributed by atoms with E-state index in [9.17, 15) is 4.21 Å². The molecule has 1 aromatic carbocycles. The lowest BCUT2D eigenvalue weighted by Crippen LogP contribution is -1.76. The van der Waals surface area contributed by atoms with E-state index in [1.807, 2.05) is 22.6 Å². The molecule has 0 aromatic heterocycles. The summed E-state index contributed by atoms with van der Waals surface area (Å²) in [5.74, 6) is 0.221. The average molecular weight is 267 g/mol. The highest BCUT2D eigenvalue weighted by Gasteiger charge is 2.07. The van der Waals surface area contributed by atoms with E-state index in [1.54, 1.807) is 12.1 Å². The molecule has 2 nitrogen and oxygen atoms in total. The highest BCUT2D eigenvalue weighted by Crippen LogP contribution is 2.19. The van der Waals surface area contributed by atoms with Gasteiger partial charge in [-0.05, 0) is 28.7 Å². The Morgan fingerprint density at radius 3 is 2.70 bits per heavy atom. The number of benzene rings is 1. The van der Waals surface area contributed by atoms with Crippen molar-refractivity contribution in [3.8, 4) is 5.75 Å². The summed E-state index contributed by atoms with van der Waals surface area (Å²) in [4.78, 5) is 0.627. The lowest BCUT2D eigenvalue weighted by Gasteiger charge is -1.89. The Hall–Kier alpha value is -0.230. The molecule has 0 aliphatic carbocycles. The zero-order valence-corrected chi connectivity index (χ0v) is 7.85. The van der Waals surface area contributed by atoms with Crippen LogP contribution in [0.15, 0.2) is 23.1 Å². The normalized spacial score (nSPS) is 9.30. The number of phenols is 1. The topological polar surface area (TPSA) is 37.3 Å². The second-order valence-electron chi connectivity index (χ2n) is 1.70. The summed E-state index contributed by atoms with van der Waals surface area (Å²) < 4.78 is 10.9. The molecule has 1 N–H and O–H groups in total. The first-order chi connectivity index (χ1) is 4.74. The van der Waals surface area contributed by atoms with Crippen molar-refractivity contribution in [3.63, 3.8) is 0 Å². The molecule has 4 heteroatoms. The molecule has 0 heterocycles. The summed E-state index contributed by atoms with van der Waals surface area (Å²) in [6.07, 6.45) is 0. The largest absolute Gasteiger partial charge is 0.507 e. The molecule has 1 aromatic rings. The van der Waals surface area contributed by atoms with Crippen molar-refractivity contribution in [2.75, 3.05) is 0 Å². The van der Waals surface area contributed by atoms with Gasteiger partial charge in [0.25, 0.3) is 4.90 Å². The van der Waals surface area contributed by atoms with E-state index in [0.717, 1.165) is 0 Å². The van der Waals surface area contributed by atoms with Gasteiger partial charge in [-0.1, -0.05) is 0 Å². The predicted octanol–water partition coefficient (Wildman–Crippen LogP) is 1.78. The van der Waals surface area contributed by atoms with Crippen LogP contribution < -0.4 is 0 Å². The number of rotatable bonds is 1. The van der Waals surface area contributed by atoms with E-state index in [2.05, 4.69) is 0 Å². The van der Waals surface area contributed by atoms with E-state index in [4.69, 9.17) is 5.11 Å². The van der Waals surface area contributed by atoms with Crippen LogP contribution >= 0.6 is 22.6 Å². The molecule has 0 atom stereocenters. The lowest BCUT2D eigenvalue weighted by molar-refractivity contribution is 0.471. The van der Waals surface area contributed by atoms with Crippen LogP contribution in [0.5, 0.6) is 5.75 Å². The van der Waals surface area contributed by atoms with Gasteiger partial charge in [0, 0.05) is 16.3 Å². The van der Waals surface area contributed by atoms with Crippen molar-refractivity contribution in [2.45, 2.75) is 4.90 Å². The zero-order chi connectivity index (χ0) is 7.56. The Bertz CT molecular complexity index is 262. The molecule has 0 spiro atoms. The van der Waals surface area contributed by atoms with Crippen LogP contribution in [0.25, 0.3) is 0 Å². The van der Waals surface area contributed by atoms with Crippen LogP contribution in [0.4, 0.5) is 0 Å². The first-order valence-corrected chi connectivity index (χ1v) is 4.34. The van der Waals surface area contributed by atoms with Crippen molar-refractivity contribution < 1.29 is 9.32 Å². The molecule has 52 valence electrons. The minimum absolute atomic E-state index is 0.221. The monoisotopic (exact) mass is 267 g/mol. The van der Waals surface area contributed by atoms with Gasteiger partial charge in [-0.2, -0.15) is 0 Å². The van der Waals surface area contributed by atoms with Crippen molar-refractivity contribution in [2.24, 2.45) is 0 Å². The summed E-state index contributed by atoms with van der Waals surface area (Å²) in [5, 5.41) is 9.02. The van der Waals surface area contributed by atoms with Gasteiger partial charge in [0.15, 0.2) is 0 Å². The van der Waals surface area contributed by atoms with E-state index >= 15 is 0 Å². The Balaban J connectivity index is 3.16. The van der Waals surface area contributed by atoms with Gasteiger partial charge < -0.3 is 5.11 Å². The van der Waals surface area contributed by atoms with Crippen molar-refractivity contribution in [3.05, 3.63) is 21.8 Å². The van der Waals surface area contributed by atoms with Crippen LogP contribution in [0.2, 0.25) is 0 Å². The SMILES string of the molecule is O=[S+]c1ccc(O)c(I)c1. The molecular weight excluding hydrogens is 263 g/mol. The fourth-order valence-electron chi connectivity index (χ4n) is 0.539. The highest BCUT2D eigenvalue weighted by atomic mass is 127. The first-order valence-electron chi connectivity index (χ1n) is 2.52. The van der Waals surface area contributed by atoms with Gasteiger partial charge in [-0.15, -0.1) is 0 Å². The molecule has 0 amide bonds. The van der Waals surface area contributed by atoms with E-state index < -0.39 is 0 Å². The quantitative estimate of drug-likeness (QED) is 0.622. The summed E-state index contributed by atoms with van der Waals surface area (Å²) >= 11 is 2.40. The fourth-order valence-corrected chi connectivity index (χ4v) is 1.56. The predicted molar refractivity (Wildman–Crippen MR) is 47.1 cm³/mol. The van der Waals surface area contributed by atoms with Gasteiger partial charge in [-0.25, -0.2) is 0 Å². The van der Waals surface area contributed by atoms with Gasteiger partial charge in [0.1, 0.15) is 5.75 Å². The zero-order valence-electron chi connectivity index (χ0n) is 4.87. The third-order valence-corrected chi connectivity index (χ3v) is 2.33. The van der Waals surface area contributed by atoms with Gasteiger partial charge in [0.2, 0.25) is 0 Å². The first kappa shape index (κ1) is 7.87. The molecule has 0 aliphatic rings. The second kappa shape index (κ2) is 3.25. The molecule has 0 saturated heterocycles. The Morgan fingerprint density at radius 2 is 2.20 bits per heavy atom. The standard InChI is InChI=1S/C6H3IO2S/c7-5-3-4(10-9)1-2-6(5)8/h1-3H/p+1. The number of halogens is 1. The van der Waals surface area contributed by atoms with Crippen molar-refractivity contribution >= 4 is 34.3 Å². The molecule has 0 saturated carbocycles. The van der Waals surface area contributed by atoms with Crippen LogP contribution in [0.3, 0.4) is 0 Å².